The zero-order valence-corrected chi connectivity index (χ0v) is 12.4. The van der Waals surface area contributed by atoms with E-state index in [1.165, 1.54) is 6.08 Å². The van der Waals surface area contributed by atoms with Crippen LogP contribution in [0.2, 0.25) is 0 Å². The van der Waals surface area contributed by atoms with Crippen LogP contribution in [-0.2, 0) is 20.5 Å². The van der Waals surface area contributed by atoms with Crippen LogP contribution in [0, 0.1) is 0 Å². The van der Waals surface area contributed by atoms with E-state index in [1.54, 1.807) is 13.0 Å². The minimum absolute atomic E-state index is 0.301. The van der Waals surface area contributed by atoms with Crippen molar-refractivity contribution in [1.29, 1.82) is 0 Å². The topological polar surface area (TPSA) is 87.0 Å². The van der Waals surface area contributed by atoms with Crippen LogP contribution in [0.5, 0.6) is 0 Å². The molecule has 5 nitrogen and oxygen atoms in total. The van der Waals surface area contributed by atoms with Gasteiger partial charge >= 0.3 is 5.97 Å². The molecular formula is C11H23O5PS. The average molecular weight is 298 g/mol. The van der Waals surface area contributed by atoms with E-state index >= 15 is 0 Å². The van der Waals surface area contributed by atoms with Crippen LogP contribution in [0.25, 0.3) is 0 Å². The number of unbranched alkanes of at least 4 members (excludes halogenated alkanes) is 4. The van der Waals surface area contributed by atoms with Crippen LogP contribution in [0.1, 0.15) is 39.0 Å². The Kier molecular flexibility index (Phi) is 10.7. The van der Waals surface area contributed by atoms with Crippen molar-refractivity contribution in [2.24, 2.45) is 0 Å². The Morgan fingerprint density at radius 2 is 1.78 bits per heavy atom. The summed E-state index contributed by atoms with van der Waals surface area (Å²) in [5, 5.41) is 0. The normalized spacial score (nSPS) is 12.0. The van der Waals surface area contributed by atoms with Crippen molar-refractivity contribution in [2.75, 3.05) is 12.4 Å². The third kappa shape index (κ3) is 13.9. The molecule has 0 spiro atoms. The van der Waals surface area contributed by atoms with Crippen molar-refractivity contribution in [3.05, 3.63) is 12.2 Å². The fraction of sp³-hybridized carbons (Fsp3) is 0.727. The Balaban J connectivity index is 3.29. The van der Waals surface area contributed by atoms with Gasteiger partial charge in [-0.1, -0.05) is 25.3 Å². The number of allylic oxidation sites excluding steroid dienone is 1. The smallest absolute Gasteiger partial charge is 0.330 e. The summed E-state index contributed by atoms with van der Waals surface area (Å²) in [5.41, 5.74) is 0. The summed E-state index contributed by atoms with van der Waals surface area (Å²) in [6, 6.07) is 0. The molecule has 0 atom stereocenters. The Morgan fingerprint density at radius 1 is 1.17 bits per heavy atom. The van der Waals surface area contributed by atoms with Crippen molar-refractivity contribution in [3.63, 3.8) is 0 Å². The lowest BCUT2D eigenvalue weighted by Crippen LogP contribution is -2.01. The van der Waals surface area contributed by atoms with E-state index in [2.05, 4.69) is 0 Å². The summed E-state index contributed by atoms with van der Waals surface area (Å²) in [4.78, 5) is 37.2. The number of hydrogen-bond donors (Lipinski definition) is 4. The lowest BCUT2D eigenvalue weighted by molar-refractivity contribution is -0.137. The van der Waals surface area contributed by atoms with Gasteiger partial charge in [0.05, 0.1) is 6.61 Å². The van der Waals surface area contributed by atoms with Gasteiger partial charge in [-0.15, -0.1) is 10.9 Å². The minimum Gasteiger partial charge on any atom is -0.463 e. The fourth-order valence-electron chi connectivity index (χ4n) is 1.31. The minimum atomic E-state index is -3.59. The summed E-state index contributed by atoms with van der Waals surface area (Å²) < 4.78 is 4.93. The maximum absolute atomic E-state index is 10.9. The van der Waals surface area contributed by atoms with Gasteiger partial charge in [-0.3, -0.25) is 0 Å². The van der Waals surface area contributed by atoms with Gasteiger partial charge in [0, 0.05) is 6.08 Å². The van der Waals surface area contributed by atoms with Crippen LogP contribution < -0.4 is 0 Å². The molecule has 0 unspecified atom stereocenters. The van der Waals surface area contributed by atoms with Gasteiger partial charge < -0.3 is 19.4 Å². The lowest BCUT2D eigenvalue weighted by Gasteiger charge is -2.03. The van der Waals surface area contributed by atoms with E-state index in [0.717, 1.165) is 32.1 Å². The molecule has 0 aliphatic heterocycles. The number of hydrogen-bond acceptors (Lipinski definition) is 2. The highest BCUT2D eigenvalue weighted by Gasteiger charge is 1.99. The molecule has 0 aromatic rings. The number of carbonyl (C=O) groups is 1. The first-order chi connectivity index (χ1) is 8.45. The first kappa shape index (κ1) is 17.9. The fourth-order valence-corrected chi connectivity index (χ4v) is 3.17. The van der Waals surface area contributed by atoms with Gasteiger partial charge in [-0.25, -0.2) is 4.79 Å². The first-order valence-electron chi connectivity index (χ1n) is 6.01. The van der Waals surface area contributed by atoms with Gasteiger partial charge in [0.2, 0.25) is 0 Å². The molecule has 0 heterocycles. The molecule has 3 N–H and O–H groups in total. The summed E-state index contributed by atoms with van der Waals surface area (Å²) in [6.07, 6.45) is 7.74. The van der Waals surface area contributed by atoms with Gasteiger partial charge in [0.25, 0.3) is 6.72 Å². The Morgan fingerprint density at radius 3 is 2.39 bits per heavy atom. The molecule has 0 saturated carbocycles. The van der Waals surface area contributed by atoms with Crippen molar-refractivity contribution in [1.82, 2.24) is 0 Å². The van der Waals surface area contributed by atoms with Gasteiger partial charge in [-0.05, 0) is 25.5 Å². The third-order valence-electron chi connectivity index (χ3n) is 2.14. The number of ether oxygens (including phenoxy) is 1. The molecule has 0 aliphatic carbocycles. The highest BCUT2D eigenvalue weighted by Crippen LogP contribution is 2.31. The Bertz CT molecular complexity index is 302. The number of carbonyl (C=O) groups excluding carboxylic acids is 1. The van der Waals surface area contributed by atoms with Gasteiger partial charge in [0.15, 0.2) is 0 Å². The largest absolute Gasteiger partial charge is 0.463 e. The average Bonchev–Trinajstić information content (AvgIpc) is 2.25. The van der Waals surface area contributed by atoms with E-state index in [-0.39, 0.29) is 5.97 Å². The summed E-state index contributed by atoms with van der Waals surface area (Å²) in [7, 11) is 0.332. The van der Waals surface area contributed by atoms with E-state index in [9.17, 15) is 4.79 Å². The predicted octanol–water partition coefficient (Wildman–Crippen LogP) is 1.53. The van der Waals surface area contributed by atoms with E-state index in [4.69, 9.17) is 19.4 Å². The second-order valence-corrected chi connectivity index (χ2v) is 8.10. The Labute approximate surface area is 112 Å². The standard InChI is InChI=1S/C11H23O5PS/c1-2-8-11(12)16-9-6-4-3-5-7-10-18-17(13,14)15/h2,8,13-15,18H,3-7,9-10H2,1H3. The van der Waals surface area contributed by atoms with Crippen molar-refractivity contribution in [2.45, 2.75) is 39.0 Å². The molecule has 0 radical (unpaired) electrons. The van der Waals surface area contributed by atoms with Crippen molar-refractivity contribution < 1.29 is 24.2 Å². The van der Waals surface area contributed by atoms with Crippen LogP contribution in [0.15, 0.2) is 12.2 Å². The summed E-state index contributed by atoms with van der Waals surface area (Å²) in [6.45, 7) is -1.38. The van der Waals surface area contributed by atoms with Crippen LogP contribution in [0.4, 0.5) is 0 Å². The second kappa shape index (κ2) is 10.8. The van der Waals surface area contributed by atoms with Gasteiger partial charge in [-0.2, -0.15) is 0 Å². The summed E-state index contributed by atoms with van der Waals surface area (Å²) in [5.74, 6) is 0.304. The molecule has 0 aliphatic rings. The maximum atomic E-state index is 10.9. The second-order valence-electron chi connectivity index (χ2n) is 3.84. The molecule has 108 valence electrons. The molecule has 7 heteroatoms. The molecule has 0 rings (SSSR count). The van der Waals surface area contributed by atoms with Crippen LogP contribution in [-0.4, -0.2) is 33.0 Å². The lowest BCUT2D eigenvalue weighted by atomic mass is 10.2. The maximum Gasteiger partial charge on any atom is 0.330 e. The zero-order valence-electron chi connectivity index (χ0n) is 10.7. The highest BCUT2D eigenvalue weighted by atomic mass is 32.5. The van der Waals surface area contributed by atoms with E-state index < -0.39 is 6.72 Å². The van der Waals surface area contributed by atoms with E-state index in [0.29, 0.717) is 23.3 Å². The predicted molar refractivity (Wildman–Crippen MR) is 76.1 cm³/mol. The van der Waals surface area contributed by atoms with Crippen molar-refractivity contribution >= 4 is 23.6 Å². The molecule has 0 aromatic heterocycles. The molecule has 0 saturated heterocycles. The van der Waals surface area contributed by atoms with Crippen molar-refractivity contribution in [3.8, 4) is 0 Å². The quantitative estimate of drug-likeness (QED) is 0.170. The molecule has 0 aromatic carbocycles. The zero-order chi connectivity index (χ0) is 13.9. The summed E-state index contributed by atoms with van der Waals surface area (Å²) >= 11 is 0. The van der Waals surface area contributed by atoms with Crippen LogP contribution in [0.3, 0.4) is 0 Å². The van der Waals surface area contributed by atoms with E-state index in [1.807, 2.05) is 0 Å². The Hall–Kier alpha value is -0.130. The molecule has 0 bridgehead atoms. The first-order valence-corrected chi connectivity index (χ1v) is 9.44. The third-order valence-corrected chi connectivity index (χ3v) is 4.77. The molecular weight excluding hydrogens is 275 g/mol. The monoisotopic (exact) mass is 298 g/mol. The highest BCUT2D eigenvalue weighted by molar-refractivity contribution is 8.16. The number of rotatable bonds is 9. The number of esters is 1. The van der Waals surface area contributed by atoms with Crippen LogP contribution >= 0.6 is 6.72 Å². The number of thiol groups is 1. The molecule has 0 amide bonds. The molecule has 18 heavy (non-hydrogen) atoms. The SMILES string of the molecule is CC=CC(=O)OCCCCCCC[SH]=P(O)(O)O. The van der Waals surface area contributed by atoms with Gasteiger partial charge in [0.1, 0.15) is 0 Å². The molecule has 0 fully saturated rings.